The van der Waals surface area contributed by atoms with Gasteiger partial charge in [-0.25, -0.2) is 8.42 Å². The molecule has 5 nitrogen and oxygen atoms in total. The highest BCUT2D eigenvalue weighted by Crippen LogP contribution is 2.28. The maximum Gasteiger partial charge on any atom is 0.243 e. The number of halogens is 1. The second kappa shape index (κ2) is 6.44. The first kappa shape index (κ1) is 16.8. The number of hydrogen-bond donors (Lipinski definition) is 1. The van der Waals surface area contributed by atoms with E-state index < -0.39 is 10.0 Å². The van der Waals surface area contributed by atoms with Crippen LogP contribution in [0.3, 0.4) is 0 Å². The van der Waals surface area contributed by atoms with Gasteiger partial charge in [-0.05, 0) is 31.5 Å². The molecule has 0 aromatic heterocycles. The van der Waals surface area contributed by atoms with E-state index in [2.05, 4.69) is 0 Å². The average Bonchev–Trinajstić information content (AvgIpc) is 2.40. The lowest BCUT2D eigenvalue weighted by Gasteiger charge is -2.22. The van der Waals surface area contributed by atoms with Gasteiger partial charge in [-0.15, -0.1) is 0 Å². The normalized spacial score (nSPS) is 13.2. The van der Waals surface area contributed by atoms with E-state index in [1.807, 2.05) is 6.07 Å². The van der Waals surface area contributed by atoms with Gasteiger partial charge in [0.25, 0.3) is 0 Å². The van der Waals surface area contributed by atoms with Gasteiger partial charge in [0.2, 0.25) is 10.0 Å². The van der Waals surface area contributed by atoms with E-state index in [0.717, 1.165) is 0 Å². The van der Waals surface area contributed by atoms with Crippen LogP contribution >= 0.6 is 11.6 Å². The van der Waals surface area contributed by atoms with Gasteiger partial charge in [0.1, 0.15) is 0 Å². The predicted octanol–water partition coefficient (Wildman–Crippen LogP) is 2.40. The predicted molar refractivity (Wildman–Crippen MR) is 79.8 cm³/mol. The highest BCUT2D eigenvalue weighted by molar-refractivity contribution is 7.89. The topological polar surface area (TPSA) is 87.2 Å². The van der Waals surface area contributed by atoms with Gasteiger partial charge in [-0.2, -0.15) is 9.57 Å². The molecule has 0 aliphatic carbocycles. The summed E-state index contributed by atoms with van der Waals surface area (Å²) in [6, 6.07) is 4.82. The first-order valence-electron chi connectivity index (χ1n) is 6.19. The summed E-state index contributed by atoms with van der Waals surface area (Å²) in [5, 5.41) is 9.14. The molecule has 1 aromatic carbocycles. The number of rotatable bonds is 5. The Morgan fingerprint density at radius 3 is 2.55 bits per heavy atom. The van der Waals surface area contributed by atoms with Crippen molar-refractivity contribution in [1.82, 2.24) is 4.31 Å². The Kier molecular flexibility index (Phi) is 5.40. The smallest absolute Gasteiger partial charge is 0.243 e. The quantitative estimate of drug-likeness (QED) is 0.845. The van der Waals surface area contributed by atoms with E-state index in [9.17, 15) is 8.42 Å². The minimum atomic E-state index is -3.70. The molecule has 0 radical (unpaired) electrons. The number of hydrogen-bond acceptors (Lipinski definition) is 4. The van der Waals surface area contributed by atoms with E-state index in [1.165, 1.54) is 16.4 Å². The van der Waals surface area contributed by atoms with Crippen LogP contribution in [0.2, 0.25) is 5.02 Å². The zero-order chi connectivity index (χ0) is 15.5. The molecule has 0 aliphatic rings. The van der Waals surface area contributed by atoms with Crippen molar-refractivity contribution in [3.63, 3.8) is 0 Å². The summed E-state index contributed by atoms with van der Waals surface area (Å²) in [6.07, 6.45) is 0. The third-order valence-corrected chi connectivity index (χ3v) is 5.36. The van der Waals surface area contributed by atoms with E-state index >= 15 is 0 Å². The van der Waals surface area contributed by atoms with Crippen molar-refractivity contribution in [2.24, 2.45) is 5.92 Å². The minimum Gasteiger partial charge on any atom is -0.398 e. The SMILES string of the molecule is CCN(CC(C)C#N)S(=O)(=O)c1cc(N)c(C)c(Cl)c1. The van der Waals surface area contributed by atoms with Crippen LogP contribution in [0.4, 0.5) is 5.69 Å². The van der Waals surface area contributed by atoms with Crippen molar-refractivity contribution in [1.29, 1.82) is 5.26 Å². The van der Waals surface area contributed by atoms with Crippen LogP contribution in [0, 0.1) is 24.2 Å². The van der Waals surface area contributed by atoms with Crippen molar-refractivity contribution < 1.29 is 8.42 Å². The van der Waals surface area contributed by atoms with Crippen molar-refractivity contribution in [2.75, 3.05) is 18.8 Å². The number of benzene rings is 1. The monoisotopic (exact) mass is 315 g/mol. The Labute approximate surface area is 125 Å². The van der Waals surface area contributed by atoms with E-state index in [1.54, 1.807) is 20.8 Å². The molecule has 1 atom stereocenters. The van der Waals surface area contributed by atoms with Crippen LogP contribution in [0.5, 0.6) is 0 Å². The summed E-state index contributed by atoms with van der Waals surface area (Å²) in [7, 11) is -3.70. The summed E-state index contributed by atoms with van der Waals surface area (Å²) < 4.78 is 26.3. The summed E-state index contributed by atoms with van der Waals surface area (Å²) in [5.74, 6) is -0.386. The van der Waals surface area contributed by atoms with Crippen molar-refractivity contribution in [3.8, 4) is 6.07 Å². The van der Waals surface area contributed by atoms with Crippen molar-refractivity contribution in [2.45, 2.75) is 25.7 Å². The molecule has 110 valence electrons. The number of nitrogens with two attached hydrogens (primary N) is 1. The number of nitrogen functional groups attached to an aromatic ring is 1. The fourth-order valence-corrected chi connectivity index (χ4v) is 3.61. The molecule has 0 aliphatic heterocycles. The second-order valence-corrected chi connectivity index (χ2v) is 6.95. The van der Waals surface area contributed by atoms with Crippen LogP contribution in [-0.4, -0.2) is 25.8 Å². The Hall–Kier alpha value is -1.29. The van der Waals surface area contributed by atoms with E-state index in [0.29, 0.717) is 16.3 Å². The zero-order valence-corrected chi connectivity index (χ0v) is 13.3. The summed E-state index contributed by atoms with van der Waals surface area (Å²) in [6.45, 7) is 5.54. The van der Waals surface area contributed by atoms with Gasteiger partial charge in [0.15, 0.2) is 0 Å². The summed E-state index contributed by atoms with van der Waals surface area (Å²) >= 11 is 5.99. The molecule has 0 amide bonds. The first-order chi connectivity index (χ1) is 9.23. The molecule has 1 unspecified atom stereocenters. The lowest BCUT2D eigenvalue weighted by Crippen LogP contribution is -2.34. The molecular formula is C13H18ClN3O2S. The maximum atomic E-state index is 12.5. The molecule has 1 rings (SSSR count). The summed E-state index contributed by atoms with van der Waals surface area (Å²) in [5.41, 5.74) is 6.75. The van der Waals surface area contributed by atoms with Crippen LogP contribution in [-0.2, 0) is 10.0 Å². The van der Waals surface area contributed by atoms with Crippen LogP contribution in [0.15, 0.2) is 17.0 Å². The van der Waals surface area contributed by atoms with Crippen molar-refractivity contribution in [3.05, 3.63) is 22.7 Å². The lowest BCUT2D eigenvalue weighted by atomic mass is 10.2. The zero-order valence-electron chi connectivity index (χ0n) is 11.7. The van der Waals surface area contributed by atoms with Gasteiger partial charge in [-0.3, -0.25) is 0 Å². The van der Waals surface area contributed by atoms with Crippen LogP contribution < -0.4 is 5.73 Å². The maximum absolute atomic E-state index is 12.5. The van der Waals surface area contributed by atoms with Gasteiger partial charge in [-0.1, -0.05) is 18.5 Å². The fourth-order valence-electron chi connectivity index (χ4n) is 1.72. The lowest BCUT2D eigenvalue weighted by molar-refractivity contribution is 0.400. The largest absolute Gasteiger partial charge is 0.398 e. The van der Waals surface area contributed by atoms with Gasteiger partial charge in [0, 0.05) is 23.8 Å². The van der Waals surface area contributed by atoms with E-state index in [-0.39, 0.29) is 23.9 Å². The Bertz CT molecular complexity index is 615. The van der Waals surface area contributed by atoms with Crippen LogP contribution in [0.25, 0.3) is 0 Å². The molecule has 0 saturated carbocycles. The van der Waals surface area contributed by atoms with E-state index in [4.69, 9.17) is 22.6 Å². The molecule has 7 heteroatoms. The molecule has 0 fully saturated rings. The number of nitriles is 1. The van der Waals surface area contributed by atoms with Crippen LogP contribution in [0.1, 0.15) is 19.4 Å². The molecule has 0 heterocycles. The van der Waals surface area contributed by atoms with Gasteiger partial charge < -0.3 is 5.73 Å². The first-order valence-corrected chi connectivity index (χ1v) is 8.01. The second-order valence-electron chi connectivity index (χ2n) is 4.61. The van der Waals surface area contributed by atoms with Crippen molar-refractivity contribution >= 4 is 27.3 Å². The molecule has 1 aromatic rings. The standard InChI is InChI=1S/C13H18ClN3O2S/c1-4-17(8-9(2)7-15)20(18,19)11-5-12(14)10(3)13(16)6-11/h5-6,9H,4,8,16H2,1-3H3. The molecule has 20 heavy (non-hydrogen) atoms. The molecule has 0 saturated heterocycles. The molecule has 0 spiro atoms. The molecule has 2 N–H and O–H groups in total. The molecular weight excluding hydrogens is 298 g/mol. The van der Waals surface area contributed by atoms with Gasteiger partial charge >= 0.3 is 0 Å². The number of nitrogens with zero attached hydrogens (tertiary/aromatic N) is 2. The fraction of sp³-hybridized carbons (Fsp3) is 0.462. The number of sulfonamides is 1. The average molecular weight is 316 g/mol. The minimum absolute atomic E-state index is 0.0533. The third-order valence-electron chi connectivity index (χ3n) is 3.05. The Morgan fingerprint density at radius 2 is 2.10 bits per heavy atom. The molecule has 0 bridgehead atoms. The highest BCUT2D eigenvalue weighted by atomic mass is 35.5. The number of anilines is 1. The summed E-state index contributed by atoms with van der Waals surface area (Å²) in [4.78, 5) is 0.0533. The van der Waals surface area contributed by atoms with Gasteiger partial charge in [0.05, 0.1) is 16.9 Å². The third kappa shape index (κ3) is 3.42. The Morgan fingerprint density at radius 1 is 1.50 bits per heavy atom. The highest BCUT2D eigenvalue weighted by Gasteiger charge is 2.25. The Balaban J connectivity index is 3.25.